The van der Waals surface area contributed by atoms with Gasteiger partial charge in [0.15, 0.2) is 5.78 Å². The van der Waals surface area contributed by atoms with Crippen LogP contribution in [0.5, 0.6) is 5.75 Å². The van der Waals surface area contributed by atoms with Gasteiger partial charge in [-0.2, -0.15) is 0 Å². The molecule has 0 heterocycles. The summed E-state index contributed by atoms with van der Waals surface area (Å²) in [7, 11) is 0. The number of nitrogens with zero attached hydrogens (tertiary/aromatic N) is 1. The maximum atomic E-state index is 12.1. The molecule has 0 aliphatic heterocycles. The highest BCUT2D eigenvalue weighted by Crippen LogP contribution is 2.36. The van der Waals surface area contributed by atoms with Gasteiger partial charge in [-0.25, -0.2) is 0 Å². The number of nitro groups is 1. The third-order valence-corrected chi connectivity index (χ3v) is 3.25. The Balaban J connectivity index is 3.22. The number of ketones is 1. The Morgan fingerprint density at radius 2 is 1.82 bits per heavy atom. The van der Waals surface area contributed by atoms with Crippen LogP contribution in [0.15, 0.2) is 12.1 Å². The van der Waals surface area contributed by atoms with E-state index < -0.39 is 33.5 Å². The summed E-state index contributed by atoms with van der Waals surface area (Å²) in [6.45, 7) is 5.51. The van der Waals surface area contributed by atoms with Crippen molar-refractivity contribution >= 4 is 17.4 Å². The van der Waals surface area contributed by atoms with Crippen LogP contribution in [-0.4, -0.2) is 26.9 Å². The standard InChI is InChI=1S/C15H19NO6/c1-15(2,3)9-7-10(12(17)5-4-6-13(18)19)14(20)11(8-9)16(21)22/h7-8,20H,4-6H2,1-3H3,(H,18,19). The van der Waals surface area contributed by atoms with E-state index in [2.05, 4.69) is 0 Å². The second kappa shape index (κ2) is 6.55. The Labute approximate surface area is 127 Å². The number of carboxylic acids is 1. The van der Waals surface area contributed by atoms with Crippen LogP contribution in [0.3, 0.4) is 0 Å². The van der Waals surface area contributed by atoms with Gasteiger partial charge in [-0.05, 0) is 23.5 Å². The fraction of sp³-hybridized carbons (Fsp3) is 0.467. The van der Waals surface area contributed by atoms with Crippen molar-refractivity contribution in [2.75, 3.05) is 0 Å². The monoisotopic (exact) mass is 309 g/mol. The minimum absolute atomic E-state index is 0.0926. The molecule has 0 amide bonds. The predicted molar refractivity (Wildman–Crippen MR) is 79.3 cm³/mol. The summed E-state index contributed by atoms with van der Waals surface area (Å²) in [5.41, 5.74) is -0.536. The maximum absolute atomic E-state index is 12.1. The third kappa shape index (κ3) is 4.28. The molecule has 1 rings (SSSR count). The molecule has 1 aromatic rings. The minimum Gasteiger partial charge on any atom is -0.502 e. The van der Waals surface area contributed by atoms with Gasteiger partial charge < -0.3 is 10.2 Å². The molecule has 22 heavy (non-hydrogen) atoms. The number of aliphatic carboxylic acids is 1. The fourth-order valence-electron chi connectivity index (χ4n) is 1.94. The number of phenols is 1. The summed E-state index contributed by atoms with van der Waals surface area (Å²) in [5.74, 6) is -2.20. The first-order chi connectivity index (χ1) is 10.0. The van der Waals surface area contributed by atoms with E-state index >= 15 is 0 Å². The quantitative estimate of drug-likeness (QED) is 0.473. The lowest BCUT2D eigenvalue weighted by atomic mass is 9.84. The highest BCUT2D eigenvalue weighted by atomic mass is 16.6. The Kier molecular flexibility index (Phi) is 5.24. The molecule has 1 aromatic carbocycles. The zero-order valence-electron chi connectivity index (χ0n) is 12.8. The number of Topliss-reactive ketones (excluding diaryl/α,β-unsaturated/α-hetero) is 1. The van der Waals surface area contributed by atoms with Crippen molar-refractivity contribution in [2.45, 2.75) is 45.4 Å². The molecule has 120 valence electrons. The van der Waals surface area contributed by atoms with Gasteiger partial charge in [-0.3, -0.25) is 19.7 Å². The first-order valence-corrected chi connectivity index (χ1v) is 6.81. The SMILES string of the molecule is CC(C)(C)c1cc(C(=O)CCCC(=O)O)c(O)c([N+](=O)[O-])c1. The van der Waals surface area contributed by atoms with Crippen molar-refractivity contribution in [3.8, 4) is 5.75 Å². The number of phenolic OH excluding ortho intramolecular Hbond substituents is 1. The van der Waals surface area contributed by atoms with Gasteiger partial charge in [0.05, 0.1) is 10.5 Å². The molecule has 2 N–H and O–H groups in total. The molecule has 0 spiro atoms. The Morgan fingerprint density at radius 3 is 2.27 bits per heavy atom. The lowest BCUT2D eigenvalue weighted by Crippen LogP contribution is -2.13. The predicted octanol–water partition coefficient (Wildman–Crippen LogP) is 3.04. The van der Waals surface area contributed by atoms with Crippen molar-refractivity contribution in [1.82, 2.24) is 0 Å². The van der Waals surface area contributed by atoms with Crippen LogP contribution in [0.4, 0.5) is 5.69 Å². The van der Waals surface area contributed by atoms with E-state index in [1.54, 1.807) is 0 Å². The first kappa shape index (κ1) is 17.6. The Morgan fingerprint density at radius 1 is 1.23 bits per heavy atom. The van der Waals surface area contributed by atoms with Crippen molar-refractivity contribution in [2.24, 2.45) is 0 Å². The van der Waals surface area contributed by atoms with Gasteiger partial charge in [-0.1, -0.05) is 20.8 Å². The number of carbonyl (C=O) groups is 2. The smallest absolute Gasteiger partial charge is 0.311 e. The van der Waals surface area contributed by atoms with Gasteiger partial charge in [0.2, 0.25) is 5.75 Å². The second-order valence-electron chi connectivity index (χ2n) is 6.07. The van der Waals surface area contributed by atoms with E-state index in [1.165, 1.54) is 12.1 Å². The number of benzene rings is 1. The Bertz CT molecular complexity index is 615. The van der Waals surface area contributed by atoms with Crippen LogP contribution in [0.2, 0.25) is 0 Å². The number of hydrogen-bond donors (Lipinski definition) is 2. The van der Waals surface area contributed by atoms with E-state index in [9.17, 15) is 24.8 Å². The van der Waals surface area contributed by atoms with Crippen LogP contribution in [-0.2, 0) is 10.2 Å². The summed E-state index contributed by atoms with van der Waals surface area (Å²) in [6.07, 6.45) is -0.153. The largest absolute Gasteiger partial charge is 0.502 e. The highest BCUT2D eigenvalue weighted by molar-refractivity contribution is 6.00. The second-order valence-corrected chi connectivity index (χ2v) is 6.07. The minimum atomic E-state index is -1.02. The van der Waals surface area contributed by atoms with Crippen molar-refractivity contribution in [3.63, 3.8) is 0 Å². The van der Waals surface area contributed by atoms with Crippen molar-refractivity contribution < 1.29 is 24.7 Å². The molecule has 0 radical (unpaired) electrons. The zero-order chi connectivity index (χ0) is 17.1. The number of hydrogen-bond acceptors (Lipinski definition) is 5. The van der Waals surface area contributed by atoms with E-state index in [-0.39, 0.29) is 24.8 Å². The molecular weight excluding hydrogens is 290 g/mol. The summed E-state index contributed by atoms with van der Waals surface area (Å²) >= 11 is 0. The van der Waals surface area contributed by atoms with E-state index in [1.807, 2.05) is 20.8 Å². The molecule has 0 fully saturated rings. The van der Waals surface area contributed by atoms with E-state index in [0.29, 0.717) is 5.56 Å². The van der Waals surface area contributed by atoms with Crippen LogP contribution >= 0.6 is 0 Å². The molecule has 0 bridgehead atoms. The molecule has 0 unspecified atom stereocenters. The normalized spacial score (nSPS) is 11.2. The van der Waals surface area contributed by atoms with Gasteiger partial charge in [-0.15, -0.1) is 0 Å². The molecule has 7 heteroatoms. The van der Waals surface area contributed by atoms with Crippen molar-refractivity contribution in [3.05, 3.63) is 33.4 Å². The van der Waals surface area contributed by atoms with Crippen LogP contribution in [0.1, 0.15) is 56.0 Å². The molecule has 0 atom stereocenters. The summed E-state index contributed by atoms with van der Waals surface area (Å²) in [5, 5.41) is 29.6. The topological polar surface area (TPSA) is 118 Å². The summed E-state index contributed by atoms with van der Waals surface area (Å²) in [4.78, 5) is 32.9. The number of nitro benzene ring substituents is 1. The molecule has 0 aliphatic rings. The average molecular weight is 309 g/mol. The zero-order valence-corrected chi connectivity index (χ0v) is 12.8. The molecular formula is C15H19NO6. The molecule has 0 aliphatic carbocycles. The van der Waals surface area contributed by atoms with E-state index in [4.69, 9.17) is 5.11 Å². The third-order valence-electron chi connectivity index (χ3n) is 3.25. The van der Waals surface area contributed by atoms with Gasteiger partial charge in [0.25, 0.3) is 0 Å². The molecule has 7 nitrogen and oxygen atoms in total. The van der Waals surface area contributed by atoms with Crippen LogP contribution in [0, 0.1) is 10.1 Å². The van der Waals surface area contributed by atoms with Gasteiger partial charge in [0, 0.05) is 18.9 Å². The maximum Gasteiger partial charge on any atom is 0.311 e. The lowest BCUT2D eigenvalue weighted by molar-refractivity contribution is -0.386. The Hall–Kier alpha value is -2.44. The molecule has 0 saturated carbocycles. The first-order valence-electron chi connectivity index (χ1n) is 6.81. The van der Waals surface area contributed by atoms with Crippen LogP contribution < -0.4 is 0 Å². The number of carbonyl (C=O) groups excluding carboxylic acids is 1. The number of rotatable bonds is 6. The number of aromatic hydroxyl groups is 1. The summed E-state index contributed by atoms with van der Waals surface area (Å²) < 4.78 is 0. The van der Waals surface area contributed by atoms with E-state index in [0.717, 1.165) is 0 Å². The highest BCUT2D eigenvalue weighted by Gasteiger charge is 2.26. The molecule has 0 aromatic heterocycles. The van der Waals surface area contributed by atoms with Crippen molar-refractivity contribution in [1.29, 1.82) is 0 Å². The summed E-state index contributed by atoms with van der Waals surface area (Å²) in [6, 6.07) is 2.69. The average Bonchev–Trinajstić information content (AvgIpc) is 2.36. The lowest BCUT2D eigenvalue weighted by Gasteiger charge is -2.20. The molecule has 0 saturated heterocycles. The van der Waals surface area contributed by atoms with Gasteiger partial charge in [0.1, 0.15) is 0 Å². The fourth-order valence-corrected chi connectivity index (χ4v) is 1.94. The van der Waals surface area contributed by atoms with Gasteiger partial charge >= 0.3 is 11.7 Å². The number of carboxylic acid groups (broad SMARTS) is 1. The van der Waals surface area contributed by atoms with Crippen LogP contribution in [0.25, 0.3) is 0 Å².